The predicted molar refractivity (Wildman–Crippen MR) is 96.3 cm³/mol. The van der Waals surface area contributed by atoms with Crippen LogP contribution in [0.2, 0.25) is 0 Å². The van der Waals surface area contributed by atoms with E-state index in [9.17, 15) is 9.59 Å². The Morgan fingerprint density at radius 2 is 2.04 bits per heavy atom. The average Bonchev–Trinajstić information content (AvgIpc) is 3.09. The molecule has 142 valence electrons. The summed E-state index contributed by atoms with van der Waals surface area (Å²) in [6, 6.07) is 11.1. The van der Waals surface area contributed by atoms with E-state index in [4.69, 9.17) is 14.4 Å². The second-order valence-electron chi connectivity index (χ2n) is 6.07. The molecule has 0 radical (unpaired) electrons. The Kier molecular flexibility index (Phi) is 6.77. The van der Waals surface area contributed by atoms with Crippen molar-refractivity contribution in [1.82, 2.24) is 15.3 Å². The van der Waals surface area contributed by atoms with Gasteiger partial charge in [0.25, 0.3) is 11.8 Å². The lowest BCUT2D eigenvalue weighted by molar-refractivity contribution is -0.121. The monoisotopic (exact) mass is 371 g/mol. The maximum Gasteiger partial charge on any atom is 0.410 e. The molecule has 0 saturated carbocycles. The van der Waals surface area contributed by atoms with Crippen LogP contribution in [-0.2, 0) is 16.1 Å². The highest BCUT2D eigenvalue weighted by Crippen LogP contribution is 2.21. The van der Waals surface area contributed by atoms with E-state index in [1.807, 2.05) is 50.2 Å². The summed E-state index contributed by atoms with van der Waals surface area (Å²) < 4.78 is 10.5. The third-order valence-electron chi connectivity index (χ3n) is 3.46. The van der Waals surface area contributed by atoms with Crippen LogP contribution in [0.5, 0.6) is 0 Å². The Labute approximate surface area is 156 Å². The lowest BCUT2D eigenvalue weighted by Gasteiger charge is -2.16. The Hall–Kier alpha value is -3.54. The number of aromatic nitrogens is 1. The van der Waals surface area contributed by atoms with Crippen molar-refractivity contribution in [2.75, 3.05) is 19.0 Å². The fourth-order valence-electron chi connectivity index (χ4n) is 2.02. The molecule has 0 fully saturated rings. The summed E-state index contributed by atoms with van der Waals surface area (Å²) in [6.45, 7) is 3.61. The zero-order valence-electron chi connectivity index (χ0n) is 15.4. The van der Waals surface area contributed by atoms with Gasteiger partial charge in [-0.1, -0.05) is 44.2 Å². The van der Waals surface area contributed by atoms with Crippen molar-refractivity contribution >= 4 is 17.9 Å². The Morgan fingerprint density at radius 1 is 1.33 bits per heavy atom. The highest BCUT2D eigenvalue weighted by Gasteiger charge is 2.18. The number of nitriles is 1. The second kappa shape index (κ2) is 9.24. The number of likely N-dealkylation sites (N-methyl/N-ethyl adjacent to an activating group) is 1. The Bertz CT molecular complexity index is 826. The maximum atomic E-state index is 12.0. The molecule has 2 rings (SSSR count). The van der Waals surface area contributed by atoms with Gasteiger partial charge in [-0.25, -0.2) is 9.78 Å². The van der Waals surface area contributed by atoms with E-state index in [1.165, 1.54) is 7.05 Å². The van der Waals surface area contributed by atoms with Gasteiger partial charge in [0, 0.05) is 13.0 Å². The predicted octanol–water partition coefficient (Wildman–Crippen LogP) is 2.38. The van der Waals surface area contributed by atoms with Crippen LogP contribution in [0, 0.1) is 11.3 Å². The van der Waals surface area contributed by atoms with E-state index in [0.717, 1.165) is 10.5 Å². The number of hydrogen-bond acceptors (Lipinski definition) is 7. The van der Waals surface area contributed by atoms with Gasteiger partial charge in [-0.2, -0.15) is 5.26 Å². The molecular weight excluding hydrogens is 350 g/mol. The van der Waals surface area contributed by atoms with E-state index in [2.05, 4.69) is 15.8 Å². The fraction of sp³-hybridized carbons (Fsp3) is 0.333. The normalized spacial score (nSPS) is 10.2. The van der Waals surface area contributed by atoms with Crippen molar-refractivity contribution in [3.05, 3.63) is 47.5 Å². The first-order valence-corrected chi connectivity index (χ1v) is 8.28. The minimum absolute atomic E-state index is 0.00568. The minimum atomic E-state index is -0.631. The van der Waals surface area contributed by atoms with Crippen molar-refractivity contribution < 1.29 is 18.7 Å². The second-order valence-corrected chi connectivity index (χ2v) is 6.07. The van der Waals surface area contributed by atoms with Gasteiger partial charge >= 0.3 is 6.09 Å². The topological polar surface area (TPSA) is 120 Å². The largest absolute Gasteiger partial charge is 0.445 e. The van der Waals surface area contributed by atoms with Gasteiger partial charge in [-0.15, -0.1) is 0 Å². The molecule has 0 aliphatic heterocycles. The van der Waals surface area contributed by atoms with Crippen LogP contribution in [-0.4, -0.2) is 35.5 Å². The number of benzene rings is 1. The molecule has 0 aliphatic carbocycles. The first-order chi connectivity index (χ1) is 12.9. The summed E-state index contributed by atoms with van der Waals surface area (Å²) in [5.41, 5.74) is 5.76. The number of nitrogens with one attached hydrogen (secondary N) is 2. The van der Waals surface area contributed by atoms with Gasteiger partial charge < -0.3 is 14.1 Å². The van der Waals surface area contributed by atoms with Crippen LogP contribution in [0.15, 0.2) is 34.7 Å². The van der Waals surface area contributed by atoms with E-state index >= 15 is 0 Å². The summed E-state index contributed by atoms with van der Waals surface area (Å²) in [4.78, 5) is 29.1. The Morgan fingerprint density at radius 3 is 2.67 bits per heavy atom. The lowest BCUT2D eigenvalue weighted by atomic mass is 10.2. The quantitative estimate of drug-likeness (QED) is 0.717. The molecule has 1 heterocycles. The van der Waals surface area contributed by atoms with Crippen LogP contribution in [0.4, 0.5) is 10.7 Å². The van der Waals surface area contributed by atoms with Crippen LogP contribution < -0.4 is 10.9 Å². The van der Waals surface area contributed by atoms with Crippen molar-refractivity contribution in [1.29, 1.82) is 5.26 Å². The fourth-order valence-corrected chi connectivity index (χ4v) is 2.02. The number of nitrogens with zero attached hydrogens (tertiary/aromatic N) is 3. The Balaban J connectivity index is 1.81. The lowest BCUT2D eigenvalue weighted by Crippen LogP contribution is -2.40. The maximum absolute atomic E-state index is 12.0. The van der Waals surface area contributed by atoms with Crippen LogP contribution in [0.25, 0.3) is 0 Å². The molecule has 0 spiro atoms. The van der Waals surface area contributed by atoms with Crippen molar-refractivity contribution in [3.63, 3.8) is 0 Å². The molecule has 0 aliphatic rings. The SMILES string of the molecule is CC(C)c1nc(C#N)c(NNC(=O)CN(C)C(=O)OCc2ccccc2)o1. The third kappa shape index (κ3) is 5.74. The number of ether oxygens (including phenoxy) is 1. The van der Waals surface area contributed by atoms with E-state index in [1.54, 1.807) is 0 Å². The molecule has 2 amide bonds. The summed E-state index contributed by atoms with van der Waals surface area (Å²) in [5.74, 6) is -0.0943. The van der Waals surface area contributed by atoms with Crippen molar-refractivity contribution in [2.45, 2.75) is 26.4 Å². The van der Waals surface area contributed by atoms with E-state index in [-0.39, 0.29) is 30.6 Å². The van der Waals surface area contributed by atoms with Crippen LogP contribution in [0.1, 0.15) is 36.9 Å². The number of carbonyl (C=O) groups is 2. The number of anilines is 1. The summed E-state index contributed by atoms with van der Waals surface area (Å²) >= 11 is 0. The van der Waals surface area contributed by atoms with Gasteiger partial charge in [-0.3, -0.25) is 15.6 Å². The van der Waals surface area contributed by atoms with E-state index < -0.39 is 12.0 Å². The molecule has 0 bridgehead atoms. The number of amides is 2. The number of hydrogen-bond donors (Lipinski definition) is 2. The molecule has 9 heteroatoms. The molecule has 1 aromatic carbocycles. The summed E-state index contributed by atoms with van der Waals surface area (Å²) in [6.07, 6.45) is -0.631. The first kappa shape index (κ1) is 19.8. The number of oxazole rings is 1. The van der Waals surface area contributed by atoms with Gasteiger partial charge in [-0.05, 0) is 5.56 Å². The van der Waals surface area contributed by atoms with Gasteiger partial charge in [0.15, 0.2) is 0 Å². The summed E-state index contributed by atoms with van der Waals surface area (Å²) in [7, 11) is 1.44. The van der Waals surface area contributed by atoms with Gasteiger partial charge in [0.05, 0.1) is 0 Å². The van der Waals surface area contributed by atoms with Gasteiger partial charge in [0.2, 0.25) is 11.6 Å². The van der Waals surface area contributed by atoms with Gasteiger partial charge in [0.1, 0.15) is 19.2 Å². The van der Waals surface area contributed by atoms with E-state index in [0.29, 0.717) is 5.89 Å². The molecule has 0 unspecified atom stereocenters. The molecular formula is C18H21N5O4. The average molecular weight is 371 g/mol. The molecule has 9 nitrogen and oxygen atoms in total. The van der Waals surface area contributed by atoms with Crippen LogP contribution in [0.3, 0.4) is 0 Å². The smallest absolute Gasteiger partial charge is 0.410 e. The standard InChI is InChI=1S/C18H21N5O4/c1-12(2)16-20-14(9-19)17(27-16)22-21-15(24)10-23(3)18(25)26-11-13-7-5-4-6-8-13/h4-8,12,22H,10-11H2,1-3H3,(H,21,24). The molecule has 0 atom stereocenters. The van der Waals surface area contributed by atoms with Crippen LogP contribution >= 0.6 is 0 Å². The first-order valence-electron chi connectivity index (χ1n) is 8.28. The highest BCUT2D eigenvalue weighted by atomic mass is 16.6. The molecule has 1 aromatic heterocycles. The zero-order chi connectivity index (χ0) is 19.8. The van der Waals surface area contributed by atoms with Crippen molar-refractivity contribution in [3.8, 4) is 6.07 Å². The summed E-state index contributed by atoms with van der Waals surface area (Å²) in [5, 5.41) is 9.06. The molecule has 0 saturated heterocycles. The number of rotatable bonds is 7. The molecule has 27 heavy (non-hydrogen) atoms. The molecule has 2 N–H and O–H groups in total. The third-order valence-corrected chi connectivity index (χ3v) is 3.46. The van der Waals surface area contributed by atoms with Crippen molar-refractivity contribution in [2.24, 2.45) is 0 Å². The number of carbonyl (C=O) groups excluding carboxylic acids is 2. The number of hydrazine groups is 1. The highest BCUT2D eigenvalue weighted by molar-refractivity contribution is 5.82. The zero-order valence-corrected chi connectivity index (χ0v) is 15.4. The minimum Gasteiger partial charge on any atom is -0.445 e. The molecule has 2 aromatic rings.